The number of carbonyl (C=O) groups is 2. The van der Waals surface area contributed by atoms with Crippen molar-refractivity contribution in [3.63, 3.8) is 0 Å². The lowest BCUT2D eigenvalue weighted by atomic mass is 10.4. The highest BCUT2D eigenvalue weighted by Gasteiger charge is 2.03. The Morgan fingerprint density at radius 1 is 1.46 bits per heavy atom. The van der Waals surface area contributed by atoms with Crippen molar-refractivity contribution in [2.24, 2.45) is 0 Å². The van der Waals surface area contributed by atoms with Crippen molar-refractivity contribution in [1.29, 1.82) is 0 Å². The summed E-state index contributed by atoms with van der Waals surface area (Å²) in [4.78, 5) is 21.2. The maximum Gasteiger partial charge on any atom is 0.333 e. The van der Waals surface area contributed by atoms with E-state index in [9.17, 15) is 9.59 Å². The molecule has 0 aliphatic heterocycles. The average molecular weight is 183 g/mol. The van der Waals surface area contributed by atoms with Gasteiger partial charge < -0.3 is 9.47 Å². The fraction of sp³-hybridized carbons (Fsp3) is 0.222. The van der Waals surface area contributed by atoms with Crippen LogP contribution in [0.4, 0.5) is 0 Å². The van der Waals surface area contributed by atoms with E-state index >= 15 is 0 Å². The highest BCUT2D eigenvalue weighted by molar-refractivity contribution is 5.87. The second-order valence-corrected chi connectivity index (χ2v) is 2.19. The molecule has 13 heavy (non-hydrogen) atoms. The zero-order valence-electron chi connectivity index (χ0n) is 7.41. The van der Waals surface area contributed by atoms with Crippen molar-refractivity contribution < 1.29 is 19.1 Å². The van der Waals surface area contributed by atoms with E-state index in [4.69, 9.17) is 0 Å². The Bertz CT molecular complexity index is 230. The van der Waals surface area contributed by atoms with Gasteiger partial charge in [0.05, 0.1) is 0 Å². The lowest BCUT2D eigenvalue weighted by molar-refractivity contribution is -0.142. The van der Waals surface area contributed by atoms with E-state index in [1.54, 1.807) is 0 Å². The minimum absolute atomic E-state index is 0.0934. The zero-order chi connectivity index (χ0) is 10.3. The summed E-state index contributed by atoms with van der Waals surface area (Å²) in [6.45, 7) is 9.07. The Labute approximate surface area is 76.8 Å². The molecule has 0 spiro atoms. The molecule has 0 amide bonds. The third-order valence-electron chi connectivity index (χ3n) is 0.999. The molecule has 1 radical (unpaired) electrons. The lowest BCUT2D eigenvalue weighted by Gasteiger charge is -2.02. The Morgan fingerprint density at radius 2 is 2.08 bits per heavy atom. The van der Waals surface area contributed by atoms with E-state index in [-0.39, 0.29) is 12.2 Å². The van der Waals surface area contributed by atoms with Crippen molar-refractivity contribution in [3.05, 3.63) is 31.4 Å². The van der Waals surface area contributed by atoms with Gasteiger partial charge >= 0.3 is 11.9 Å². The first-order valence-corrected chi connectivity index (χ1v) is 3.55. The van der Waals surface area contributed by atoms with Crippen LogP contribution in [0.5, 0.6) is 0 Å². The number of esters is 2. The number of ether oxygens (including phenoxy) is 2. The highest BCUT2D eigenvalue weighted by atomic mass is 16.6. The van der Waals surface area contributed by atoms with Gasteiger partial charge in [-0.2, -0.15) is 0 Å². The maximum atomic E-state index is 10.7. The predicted molar refractivity (Wildman–Crippen MR) is 46.4 cm³/mol. The standard InChI is InChI=1S/C9H11O4/c1-4-8(10)12-5-6-13-9(11)7(2)3/h4,6H,1-2,5H2,3H3. The highest BCUT2D eigenvalue weighted by Crippen LogP contribution is 1.94. The molecular formula is C9H11O4. The summed E-state index contributed by atoms with van der Waals surface area (Å²) in [6.07, 6.45) is 1.02. The SMILES string of the molecule is C=CC(=O)OC[CH]OC(=O)C(=C)C. The van der Waals surface area contributed by atoms with Gasteiger partial charge in [-0.25, -0.2) is 9.59 Å². The molecule has 0 aromatic rings. The van der Waals surface area contributed by atoms with Crippen LogP contribution in [-0.4, -0.2) is 18.5 Å². The Morgan fingerprint density at radius 3 is 2.54 bits per heavy atom. The molecule has 0 rings (SSSR count). The molecule has 4 heteroatoms. The predicted octanol–water partition coefficient (Wildman–Crippen LogP) is 0.997. The van der Waals surface area contributed by atoms with Crippen LogP contribution >= 0.6 is 0 Å². The van der Waals surface area contributed by atoms with Gasteiger partial charge in [-0.3, -0.25) is 0 Å². The van der Waals surface area contributed by atoms with E-state index in [0.29, 0.717) is 0 Å². The van der Waals surface area contributed by atoms with Crippen molar-refractivity contribution >= 4 is 11.9 Å². The van der Waals surface area contributed by atoms with E-state index in [1.807, 2.05) is 0 Å². The molecule has 0 atom stereocenters. The minimum Gasteiger partial charge on any atom is -0.458 e. The third-order valence-corrected chi connectivity index (χ3v) is 0.999. The smallest absolute Gasteiger partial charge is 0.333 e. The minimum atomic E-state index is -0.567. The van der Waals surface area contributed by atoms with Crippen LogP contribution in [0.1, 0.15) is 6.92 Å². The van der Waals surface area contributed by atoms with Gasteiger partial charge in [0.15, 0.2) is 6.61 Å². The van der Waals surface area contributed by atoms with Gasteiger partial charge in [0.1, 0.15) is 6.61 Å². The second-order valence-electron chi connectivity index (χ2n) is 2.19. The molecule has 0 saturated heterocycles. The summed E-state index contributed by atoms with van der Waals surface area (Å²) in [5, 5.41) is 0. The van der Waals surface area contributed by atoms with Crippen LogP contribution in [0, 0.1) is 6.61 Å². The van der Waals surface area contributed by atoms with Crippen LogP contribution in [-0.2, 0) is 19.1 Å². The van der Waals surface area contributed by atoms with Crippen LogP contribution < -0.4 is 0 Å². The van der Waals surface area contributed by atoms with Crippen LogP contribution in [0.2, 0.25) is 0 Å². The molecule has 0 N–H and O–H groups in total. The van der Waals surface area contributed by atoms with Crippen molar-refractivity contribution in [2.45, 2.75) is 6.92 Å². The Balaban J connectivity index is 3.46. The average Bonchev–Trinajstić information content (AvgIpc) is 2.11. The molecule has 0 aromatic carbocycles. The molecule has 0 heterocycles. The molecule has 0 bridgehead atoms. The summed E-state index contributed by atoms with van der Waals surface area (Å²) < 4.78 is 9.03. The molecule has 0 aliphatic rings. The molecule has 71 valence electrons. The molecule has 0 aliphatic carbocycles. The van der Waals surface area contributed by atoms with Gasteiger partial charge in [-0.05, 0) is 6.92 Å². The lowest BCUT2D eigenvalue weighted by Crippen LogP contribution is -2.08. The Kier molecular flexibility index (Phi) is 5.27. The molecular weight excluding hydrogens is 172 g/mol. The van der Waals surface area contributed by atoms with Crippen molar-refractivity contribution in [3.8, 4) is 0 Å². The van der Waals surface area contributed by atoms with Crippen molar-refractivity contribution in [2.75, 3.05) is 6.61 Å². The molecule has 0 fully saturated rings. The third kappa shape index (κ3) is 5.66. The first-order chi connectivity index (χ1) is 6.07. The normalized spacial score (nSPS) is 8.69. The monoisotopic (exact) mass is 183 g/mol. The topological polar surface area (TPSA) is 52.6 Å². The first kappa shape index (κ1) is 11.4. The van der Waals surface area contributed by atoms with Gasteiger partial charge in [0.2, 0.25) is 0 Å². The van der Waals surface area contributed by atoms with Gasteiger partial charge in [-0.15, -0.1) is 0 Å². The number of carbonyl (C=O) groups excluding carboxylic acids is 2. The number of hydrogen-bond acceptors (Lipinski definition) is 4. The summed E-state index contributed by atoms with van der Waals surface area (Å²) >= 11 is 0. The van der Waals surface area contributed by atoms with E-state index in [0.717, 1.165) is 12.7 Å². The van der Waals surface area contributed by atoms with E-state index in [1.165, 1.54) is 6.92 Å². The molecule has 0 aromatic heterocycles. The van der Waals surface area contributed by atoms with Gasteiger partial charge in [0.25, 0.3) is 0 Å². The number of hydrogen-bond donors (Lipinski definition) is 0. The Hall–Kier alpha value is -1.58. The quantitative estimate of drug-likeness (QED) is 0.362. The first-order valence-electron chi connectivity index (χ1n) is 3.55. The van der Waals surface area contributed by atoms with E-state index < -0.39 is 11.9 Å². The van der Waals surface area contributed by atoms with Crippen LogP contribution in [0.25, 0.3) is 0 Å². The zero-order valence-corrected chi connectivity index (χ0v) is 7.41. The second kappa shape index (κ2) is 5.99. The van der Waals surface area contributed by atoms with Crippen LogP contribution in [0.3, 0.4) is 0 Å². The fourth-order valence-corrected chi connectivity index (χ4v) is 0.385. The van der Waals surface area contributed by atoms with E-state index in [2.05, 4.69) is 22.6 Å². The molecule has 0 saturated carbocycles. The van der Waals surface area contributed by atoms with Gasteiger partial charge in [0, 0.05) is 11.6 Å². The number of rotatable bonds is 5. The maximum absolute atomic E-state index is 10.7. The van der Waals surface area contributed by atoms with Crippen molar-refractivity contribution in [1.82, 2.24) is 0 Å². The summed E-state index contributed by atoms with van der Waals surface area (Å²) in [6, 6.07) is 0. The van der Waals surface area contributed by atoms with Gasteiger partial charge in [-0.1, -0.05) is 13.2 Å². The molecule has 4 nitrogen and oxygen atoms in total. The van der Waals surface area contributed by atoms with Crippen LogP contribution in [0.15, 0.2) is 24.8 Å². The summed E-state index contributed by atoms with van der Waals surface area (Å²) in [5.41, 5.74) is 0.284. The largest absolute Gasteiger partial charge is 0.458 e. The summed E-state index contributed by atoms with van der Waals surface area (Å²) in [7, 11) is 0. The summed E-state index contributed by atoms with van der Waals surface area (Å²) in [5.74, 6) is -1.11. The molecule has 0 unspecified atom stereocenters. The fourth-order valence-electron chi connectivity index (χ4n) is 0.385.